The first kappa shape index (κ1) is 22.1. The van der Waals surface area contributed by atoms with E-state index in [0.717, 1.165) is 11.3 Å². The lowest BCUT2D eigenvalue weighted by Gasteiger charge is -2.43. The summed E-state index contributed by atoms with van der Waals surface area (Å²) in [5.74, 6) is -0.115. The van der Waals surface area contributed by atoms with Crippen molar-refractivity contribution < 1.29 is 22.7 Å². The molecule has 0 aliphatic carbocycles. The molecule has 2 saturated heterocycles. The third kappa shape index (κ3) is 5.31. The largest absolute Gasteiger partial charge is 0.443 e. The van der Waals surface area contributed by atoms with Crippen LogP contribution in [0.2, 0.25) is 0 Å². The highest BCUT2D eigenvalue weighted by Crippen LogP contribution is 2.33. The summed E-state index contributed by atoms with van der Waals surface area (Å²) >= 11 is 1.56. The SMILES string of the molecule is CCC(C)(C)OC(=O)N1CCN(C(=O)C2CCS(=O)(=O)CC2)C(c2cccs2)C1. The third-order valence-corrected chi connectivity index (χ3v) is 8.60. The summed E-state index contributed by atoms with van der Waals surface area (Å²) in [7, 11) is -3.01. The van der Waals surface area contributed by atoms with E-state index in [2.05, 4.69) is 0 Å². The van der Waals surface area contributed by atoms with Crippen LogP contribution in [-0.4, -0.2) is 67.0 Å². The summed E-state index contributed by atoms with van der Waals surface area (Å²) in [4.78, 5) is 30.4. The van der Waals surface area contributed by atoms with Crippen molar-refractivity contribution in [2.75, 3.05) is 31.1 Å². The summed E-state index contributed by atoms with van der Waals surface area (Å²) < 4.78 is 29.1. The molecule has 2 aliphatic rings. The highest BCUT2D eigenvalue weighted by molar-refractivity contribution is 7.91. The van der Waals surface area contributed by atoms with Crippen LogP contribution in [0, 0.1) is 5.92 Å². The van der Waals surface area contributed by atoms with Crippen LogP contribution in [0.4, 0.5) is 4.79 Å². The molecule has 1 aromatic rings. The van der Waals surface area contributed by atoms with Crippen LogP contribution in [0.5, 0.6) is 0 Å². The molecule has 0 N–H and O–H groups in total. The van der Waals surface area contributed by atoms with Crippen molar-refractivity contribution in [1.82, 2.24) is 9.80 Å². The number of hydrogen-bond acceptors (Lipinski definition) is 6. The first-order chi connectivity index (χ1) is 13.6. The molecule has 29 heavy (non-hydrogen) atoms. The van der Waals surface area contributed by atoms with Crippen molar-refractivity contribution in [3.8, 4) is 0 Å². The number of amides is 2. The lowest BCUT2D eigenvalue weighted by molar-refractivity contribution is -0.141. The zero-order chi connectivity index (χ0) is 21.2. The van der Waals surface area contributed by atoms with Crippen LogP contribution >= 0.6 is 11.3 Å². The van der Waals surface area contributed by atoms with E-state index in [-0.39, 0.29) is 35.5 Å². The second-order valence-corrected chi connectivity index (χ2v) is 11.7. The van der Waals surface area contributed by atoms with Crippen molar-refractivity contribution in [3.05, 3.63) is 22.4 Å². The lowest BCUT2D eigenvalue weighted by Crippen LogP contribution is -2.54. The van der Waals surface area contributed by atoms with Gasteiger partial charge in [-0.05, 0) is 44.6 Å². The predicted octanol–water partition coefficient (Wildman–Crippen LogP) is 3.08. The highest BCUT2D eigenvalue weighted by Gasteiger charge is 2.39. The summed E-state index contributed by atoms with van der Waals surface area (Å²) in [6.45, 7) is 6.97. The third-order valence-electron chi connectivity index (χ3n) is 5.91. The van der Waals surface area contributed by atoms with E-state index < -0.39 is 15.4 Å². The van der Waals surface area contributed by atoms with Crippen molar-refractivity contribution in [1.29, 1.82) is 0 Å². The van der Waals surface area contributed by atoms with Crippen LogP contribution in [0.1, 0.15) is 51.0 Å². The number of carbonyl (C=O) groups excluding carboxylic acids is 2. The molecule has 0 saturated carbocycles. The molecule has 1 atom stereocenters. The quantitative estimate of drug-likeness (QED) is 0.715. The minimum absolute atomic E-state index is 0.000190. The second-order valence-electron chi connectivity index (χ2n) is 8.42. The fourth-order valence-corrected chi connectivity index (χ4v) is 6.00. The number of hydrogen-bond donors (Lipinski definition) is 0. The van der Waals surface area contributed by atoms with E-state index in [4.69, 9.17) is 4.74 Å². The van der Waals surface area contributed by atoms with Gasteiger partial charge in [0.1, 0.15) is 15.4 Å². The van der Waals surface area contributed by atoms with E-state index >= 15 is 0 Å². The number of piperazine rings is 1. The molecule has 0 bridgehead atoms. The van der Waals surface area contributed by atoms with E-state index in [1.54, 1.807) is 16.2 Å². The summed E-state index contributed by atoms with van der Waals surface area (Å²) in [5, 5.41) is 1.96. The van der Waals surface area contributed by atoms with Gasteiger partial charge in [0, 0.05) is 30.4 Å². The van der Waals surface area contributed by atoms with Gasteiger partial charge in [-0.15, -0.1) is 11.3 Å². The summed E-state index contributed by atoms with van der Waals surface area (Å²) in [6.07, 6.45) is 1.13. The van der Waals surface area contributed by atoms with E-state index in [0.29, 0.717) is 32.5 Å². The minimum atomic E-state index is -3.01. The van der Waals surface area contributed by atoms with Gasteiger partial charge in [0.05, 0.1) is 17.5 Å². The zero-order valence-corrected chi connectivity index (χ0v) is 18.9. The van der Waals surface area contributed by atoms with Gasteiger partial charge in [-0.3, -0.25) is 4.79 Å². The Morgan fingerprint density at radius 2 is 1.93 bits per heavy atom. The van der Waals surface area contributed by atoms with Gasteiger partial charge in [-0.25, -0.2) is 13.2 Å². The smallest absolute Gasteiger partial charge is 0.410 e. The molecule has 1 aromatic heterocycles. The number of ether oxygens (including phenoxy) is 1. The van der Waals surface area contributed by atoms with E-state index in [9.17, 15) is 18.0 Å². The van der Waals surface area contributed by atoms with Gasteiger partial charge in [0.15, 0.2) is 0 Å². The first-order valence-corrected chi connectivity index (χ1v) is 12.8. The van der Waals surface area contributed by atoms with Crippen LogP contribution in [0.15, 0.2) is 17.5 Å². The Kier molecular flexibility index (Phi) is 6.57. The summed E-state index contributed by atoms with van der Waals surface area (Å²) in [6, 6.07) is 3.69. The standard InChI is InChI=1S/C20H30N2O5S2/c1-4-20(2,3)27-19(24)21-9-10-22(16(14-21)17-6-5-11-28-17)18(23)15-7-12-29(25,26)13-8-15/h5-6,11,15-16H,4,7-10,12-14H2,1-3H3. The molecule has 7 nitrogen and oxygen atoms in total. The monoisotopic (exact) mass is 442 g/mol. The molecule has 2 amide bonds. The van der Waals surface area contributed by atoms with Crippen LogP contribution in [-0.2, 0) is 19.4 Å². The Bertz CT molecular complexity index is 821. The fourth-order valence-electron chi connectivity index (χ4n) is 3.68. The molecule has 0 spiro atoms. The Hall–Kier alpha value is -1.61. The molecule has 1 unspecified atom stereocenters. The highest BCUT2D eigenvalue weighted by atomic mass is 32.2. The average molecular weight is 443 g/mol. The maximum Gasteiger partial charge on any atom is 0.410 e. The normalized spacial score (nSPS) is 23.1. The van der Waals surface area contributed by atoms with Gasteiger partial charge in [0.25, 0.3) is 0 Å². The Labute approximate surface area is 176 Å². The predicted molar refractivity (Wildman–Crippen MR) is 113 cm³/mol. The molecule has 2 fully saturated rings. The Morgan fingerprint density at radius 3 is 2.52 bits per heavy atom. The van der Waals surface area contributed by atoms with Gasteiger partial charge >= 0.3 is 6.09 Å². The number of carbonyl (C=O) groups is 2. The van der Waals surface area contributed by atoms with E-state index in [1.165, 1.54) is 0 Å². The topological polar surface area (TPSA) is 84.0 Å². The fraction of sp³-hybridized carbons (Fsp3) is 0.700. The average Bonchev–Trinajstić information content (AvgIpc) is 3.21. The molecule has 3 rings (SSSR count). The number of sulfone groups is 1. The second kappa shape index (κ2) is 8.63. The Morgan fingerprint density at radius 1 is 1.24 bits per heavy atom. The van der Waals surface area contributed by atoms with Crippen molar-refractivity contribution >= 4 is 33.2 Å². The van der Waals surface area contributed by atoms with Gasteiger partial charge in [-0.2, -0.15) is 0 Å². The maximum absolute atomic E-state index is 13.2. The number of nitrogens with zero attached hydrogens (tertiary/aromatic N) is 2. The van der Waals surface area contributed by atoms with E-state index in [1.807, 2.05) is 43.2 Å². The van der Waals surface area contributed by atoms with Crippen LogP contribution in [0.25, 0.3) is 0 Å². The lowest BCUT2D eigenvalue weighted by atomic mass is 9.98. The maximum atomic E-state index is 13.2. The molecule has 162 valence electrons. The van der Waals surface area contributed by atoms with Crippen LogP contribution < -0.4 is 0 Å². The van der Waals surface area contributed by atoms with Crippen molar-refractivity contribution in [2.45, 2.75) is 51.7 Å². The van der Waals surface area contributed by atoms with Crippen molar-refractivity contribution in [2.24, 2.45) is 5.92 Å². The minimum Gasteiger partial charge on any atom is -0.443 e. The van der Waals surface area contributed by atoms with Gasteiger partial charge in [0.2, 0.25) is 5.91 Å². The van der Waals surface area contributed by atoms with Gasteiger partial charge in [-0.1, -0.05) is 13.0 Å². The molecular formula is C20H30N2O5S2. The Balaban J connectivity index is 1.74. The first-order valence-electron chi connectivity index (χ1n) is 10.1. The molecule has 0 aromatic carbocycles. The van der Waals surface area contributed by atoms with Gasteiger partial charge < -0.3 is 14.5 Å². The number of rotatable bonds is 4. The van der Waals surface area contributed by atoms with Crippen molar-refractivity contribution in [3.63, 3.8) is 0 Å². The van der Waals surface area contributed by atoms with Crippen LogP contribution in [0.3, 0.4) is 0 Å². The number of thiophene rings is 1. The zero-order valence-electron chi connectivity index (χ0n) is 17.3. The molecular weight excluding hydrogens is 412 g/mol. The molecule has 9 heteroatoms. The molecule has 0 radical (unpaired) electrons. The molecule has 2 aliphatic heterocycles. The summed E-state index contributed by atoms with van der Waals surface area (Å²) in [5.41, 5.74) is -0.532. The molecule has 3 heterocycles.